The van der Waals surface area contributed by atoms with E-state index in [2.05, 4.69) is 0 Å². The van der Waals surface area contributed by atoms with E-state index in [1.807, 2.05) is 0 Å². The van der Waals surface area contributed by atoms with E-state index >= 15 is 0 Å². The molecular weight excluding hydrogens is 438 g/mol. The summed E-state index contributed by atoms with van der Waals surface area (Å²) in [5.74, 6) is -1.60. The lowest BCUT2D eigenvalue weighted by Gasteiger charge is -2.38. The number of amides is 1. The average molecular weight is 464 g/mol. The summed E-state index contributed by atoms with van der Waals surface area (Å²) in [5.41, 5.74) is 5.02. The number of esters is 1. The van der Waals surface area contributed by atoms with Gasteiger partial charge in [0.15, 0.2) is 12.0 Å². The van der Waals surface area contributed by atoms with Crippen LogP contribution in [-0.4, -0.2) is 72.0 Å². The van der Waals surface area contributed by atoms with Crippen molar-refractivity contribution in [3.05, 3.63) is 12.3 Å². The Morgan fingerprint density at radius 1 is 1.45 bits per heavy atom. The van der Waals surface area contributed by atoms with E-state index in [-0.39, 0.29) is 18.8 Å². The van der Waals surface area contributed by atoms with Gasteiger partial charge in [0.2, 0.25) is 5.91 Å². The molecule has 3 aliphatic rings. The molecule has 0 aromatic heterocycles. The van der Waals surface area contributed by atoms with Gasteiger partial charge in [-0.05, 0) is 26.8 Å². The first-order valence-corrected chi connectivity index (χ1v) is 11.2. The molecule has 13 heteroatoms. The summed E-state index contributed by atoms with van der Waals surface area (Å²) in [5, 5.41) is 0. The molecule has 2 fully saturated rings. The molecule has 0 aromatic carbocycles. The lowest BCUT2D eigenvalue weighted by atomic mass is 9.92. The first kappa shape index (κ1) is 24.0. The van der Waals surface area contributed by atoms with Gasteiger partial charge >= 0.3 is 13.8 Å². The smallest absolute Gasteiger partial charge is 0.463 e. The van der Waals surface area contributed by atoms with Crippen molar-refractivity contribution in [1.82, 2.24) is 4.90 Å². The molecule has 1 amide bonds. The Morgan fingerprint density at radius 2 is 2.16 bits per heavy atom. The van der Waals surface area contributed by atoms with Gasteiger partial charge in [-0.1, -0.05) is 0 Å². The number of halogens is 1. The normalized spacial score (nSPS) is 36.6. The second-order valence-electron chi connectivity index (χ2n) is 8.06. The Morgan fingerprint density at radius 3 is 2.81 bits per heavy atom. The minimum Gasteiger partial charge on any atom is -0.463 e. The second kappa shape index (κ2) is 9.05. The van der Waals surface area contributed by atoms with Gasteiger partial charge in [0.05, 0.1) is 37.7 Å². The number of ketones is 1. The highest BCUT2D eigenvalue weighted by Crippen LogP contribution is 2.57. The largest absolute Gasteiger partial charge is 0.475 e. The van der Waals surface area contributed by atoms with E-state index in [4.69, 9.17) is 28.8 Å². The highest BCUT2D eigenvalue weighted by Gasteiger charge is 2.60. The summed E-state index contributed by atoms with van der Waals surface area (Å²) in [6.45, 7) is 3.85. The summed E-state index contributed by atoms with van der Waals surface area (Å²) < 4.78 is 53.1. The topological polar surface area (TPSA) is 144 Å². The molecule has 31 heavy (non-hydrogen) atoms. The number of allylic oxidation sites excluding steroid dienone is 1. The van der Waals surface area contributed by atoms with Gasteiger partial charge < -0.3 is 15.2 Å². The van der Waals surface area contributed by atoms with Gasteiger partial charge in [0, 0.05) is 6.20 Å². The maximum absolute atomic E-state index is 14.0. The summed E-state index contributed by atoms with van der Waals surface area (Å²) in [4.78, 5) is 36.4. The highest BCUT2D eigenvalue weighted by atomic mass is 31.2. The van der Waals surface area contributed by atoms with Crippen LogP contribution in [0, 0.1) is 0 Å². The zero-order valence-corrected chi connectivity index (χ0v) is 18.3. The van der Waals surface area contributed by atoms with E-state index in [0.717, 1.165) is 0 Å². The predicted octanol–water partition coefficient (Wildman–Crippen LogP) is 0.964. The van der Waals surface area contributed by atoms with Crippen LogP contribution in [0.2, 0.25) is 0 Å². The SMILES string of the molecule is CC(C)OC(=O)C[C@@H](F)CO[P@@]1(=O)OC[C@H]2O[C@@H](N3C=CC(=O)CC3=O)[C@](C)(N)[C@@H]2O1. The third-order valence-electron chi connectivity index (χ3n) is 4.88. The molecule has 0 spiro atoms. The molecular formula is C18H26FN2O9P. The molecule has 0 unspecified atom stereocenters. The number of hydrogen-bond donors (Lipinski definition) is 1. The van der Waals surface area contributed by atoms with Crippen LogP contribution < -0.4 is 5.73 Å². The van der Waals surface area contributed by atoms with E-state index in [1.54, 1.807) is 13.8 Å². The van der Waals surface area contributed by atoms with Crippen molar-refractivity contribution < 1.29 is 46.4 Å². The van der Waals surface area contributed by atoms with Gasteiger partial charge in [0.1, 0.15) is 18.4 Å². The van der Waals surface area contributed by atoms with Crippen LogP contribution in [0.1, 0.15) is 33.6 Å². The first-order chi connectivity index (χ1) is 14.4. The lowest BCUT2D eigenvalue weighted by Crippen LogP contribution is -2.60. The molecule has 3 heterocycles. The average Bonchev–Trinajstić information content (AvgIpc) is 2.90. The number of carbonyl (C=O) groups is 3. The van der Waals surface area contributed by atoms with Crippen molar-refractivity contribution >= 4 is 25.5 Å². The number of alkyl halides is 1. The number of phosphoric acid groups is 1. The van der Waals surface area contributed by atoms with Gasteiger partial charge in [-0.15, -0.1) is 0 Å². The summed E-state index contributed by atoms with van der Waals surface area (Å²) >= 11 is 0. The van der Waals surface area contributed by atoms with Crippen LogP contribution in [0.4, 0.5) is 4.39 Å². The molecule has 0 saturated carbocycles. The second-order valence-corrected chi connectivity index (χ2v) is 9.68. The quantitative estimate of drug-likeness (QED) is 0.329. The van der Waals surface area contributed by atoms with Crippen LogP contribution in [0.3, 0.4) is 0 Å². The number of nitrogens with two attached hydrogens (primary N) is 1. The van der Waals surface area contributed by atoms with E-state index in [1.165, 1.54) is 24.1 Å². The Kier molecular flexibility index (Phi) is 6.99. The summed E-state index contributed by atoms with van der Waals surface area (Å²) in [7, 11) is -4.21. The fourth-order valence-electron chi connectivity index (χ4n) is 3.48. The molecule has 2 saturated heterocycles. The van der Waals surface area contributed by atoms with Crippen molar-refractivity contribution in [3.63, 3.8) is 0 Å². The van der Waals surface area contributed by atoms with Gasteiger partial charge in [-0.25, -0.2) is 8.96 Å². The van der Waals surface area contributed by atoms with E-state index < -0.39 is 69.0 Å². The Hall–Kier alpha value is -1.69. The molecule has 3 aliphatic heterocycles. The number of fused-ring (bicyclic) bond motifs is 1. The number of nitrogens with zero attached hydrogens (tertiary/aromatic N) is 1. The van der Waals surface area contributed by atoms with E-state index in [0.29, 0.717) is 0 Å². The zero-order valence-electron chi connectivity index (χ0n) is 17.4. The number of phosphoric ester groups is 1. The number of ether oxygens (including phenoxy) is 2. The van der Waals surface area contributed by atoms with Crippen molar-refractivity contribution in [3.8, 4) is 0 Å². The summed E-state index contributed by atoms with van der Waals surface area (Å²) in [6.07, 6.45) is -3.34. The Balaban J connectivity index is 1.62. The Bertz CT molecular complexity index is 818. The van der Waals surface area contributed by atoms with Gasteiger partial charge in [-0.2, -0.15) is 0 Å². The molecule has 2 N–H and O–H groups in total. The molecule has 3 rings (SSSR count). The van der Waals surface area contributed by atoms with Crippen LogP contribution in [-0.2, 0) is 42.0 Å². The third-order valence-corrected chi connectivity index (χ3v) is 6.30. The van der Waals surface area contributed by atoms with Gasteiger partial charge in [-0.3, -0.25) is 32.9 Å². The lowest BCUT2D eigenvalue weighted by molar-refractivity contribution is -0.149. The maximum Gasteiger partial charge on any atom is 0.475 e. The van der Waals surface area contributed by atoms with Crippen LogP contribution in [0.5, 0.6) is 0 Å². The van der Waals surface area contributed by atoms with Crippen molar-refractivity contribution in [2.75, 3.05) is 13.2 Å². The molecule has 6 atom stereocenters. The van der Waals surface area contributed by atoms with Crippen LogP contribution >= 0.6 is 7.82 Å². The van der Waals surface area contributed by atoms with Crippen LogP contribution in [0.25, 0.3) is 0 Å². The van der Waals surface area contributed by atoms with Crippen molar-refractivity contribution in [2.24, 2.45) is 5.73 Å². The molecule has 0 radical (unpaired) electrons. The number of rotatable bonds is 7. The van der Waals surface area contributed by atoms with Crippen LogP contribution in [0.15, 0.2) is 12.3 Å². The highest BCUT2D eigenvalue weighted by molar-refractivity contribution is 7.48. The molecule has 0 bridgehead atoms. The fourth-order valence-corrected chi connectivity index (χ4v) is 4.99. The summed E-state index contributed by atoms with van der Waals surface area (Å²) in [6, 6.07) is 0. The van der Waals surface area contributed by atoms with Gasteiger partial charge in [0.25, 0.3) is 0 Å². The number of hydrogen-bond acceptors (Lipinski definition) is 10. The zero-order chi connectivity index (χ0) is 23.0. The molecule has 174 valence electrons. The molecule has 11 nitrogen and oxygen atoms in total. The van der Waals surface area contributed by atoms with Crippen molar-refractivity contribution in [1.29, 1.82) is 0 Å². The minimum absolute atomic E-state index is 0.234. The first-order valence-electron chi connectivity index (χ1n) is 9.79. The third kappa shape index (κ3) is 5.39. The molecule has 0 aliphatic carbocycles. The van der Waals surface area contributed by atoms with Crippen molar-refractivity contribution in [2.45, 2.75) is 69.9 Å². The predicted molar refractivity (Wildman–Crippen MR) is 102 cm³/mol. The van der Waals surface area contributed by atoms with E-state index in [9.17, 15) is 23.3 Å². The Labute approximate surface area is 178 Å². The molecule has 0 aromatic rings. The standard InChI is InChI=1S/C18H26FN2O9P/c1-10(2)28-15(24)6-11(19)8-26-31(25)27-9-13-16(30-31)18(3,20)17(29-13)21-5-4-12(22)7-14(21)23/h4-5,10-11,13,16-17H,6-9,20H2,1-3H3/t11-,13-,16-,17-,18-,31+/m1/s1. The fraction of sp³-hybridized carbons (Fsp3) is 0.722. The number of carbonyl (C=O) groups excluding carboxylic acids is 3. The minimum atomic E-state index is -4.21. The maximum atomic E-state index is 14.0. The monoisotopic (exact) mass is 464 g/mol.